The molecular formula is C13H14N6. The van der Waals surface area contributed by atoms with Crippen molar-refractivity contribution in [1.82, 2.24) is 29.5 Å². The van der Waals surface area contributed by atoms with E-state index in [1.807, 2.05) is 41.4 Å². The van der Waals surface area contributed by atoms with E-state index in [0.29, 0.717) is 6.42 Å². The van der Waals surface area contributed by atoms with E-state index in [1.165, 1.54) is 0 Å². The van der Waals surface area contributed by atoms with Gasteiger partial charge in [-0.2, -0.15) is 5.10 Å². The molecule has 3 aromatic heterocycles. The number of pyridine rings is 1. The van der Waals surface area contributed by atoms with Crippen molar-refractivity contribution in [3.05, 3.63) is 54.0 Å². The van der Waals surface area contributed by atoms with Gasteiger partial charge < -0.3 is 0 Å². The lowest BCUT2D eigenvalue weighted by Gasteiger charge is -2.06. The number of nitrogens with zero attached hydrogens (tertiary/aromatic N) is 6. The van der Waals surface area contributed by atoms with Crippen LogP contribution in [-0.2, 0) is 13.5 Å². The Balaban J connectivity index is 1.97. The Morgan fingerprint density at radius 1 is 1.21 bits per heavy atom. The highest BCUT2D eigenvalue weighted by atomic mass is 15.4. The lowest BCUT2D eigenvalue weighted by molar-refractivity contribution is 0.711. The number of hydrogen-bond donors (Lipinski definition) is 0. The van der Waals surface area contributed by atoms with Gasteiger partial charge in [0.25, 0.3) is 0 Å². The van der Waals surface area contributed by atoms with Crippen LogP contribution in [0.25, 0.3) is 5.82 Å². The van der Waals surface area contributed by atoms with Gasteiger partial charge in [0.15, 0.2) is 0 Å². The third-order valence-corrected chi connectivity index (χ3v) is 2.95. The van der Waals surface area contributed by atoms with Crippen molar-refractivity contribution < 1.29 is 0 Å². The van der Waals surface area contributed by atoms with Crippen LogP contribution in [0.1, 0.15) is 17.1 Å². The number of rotatable bonds is 3. The molecule has 0 aliphatic heterocycles. The molecule has 3 aromatic rings. The van der Waals surface area contributed by atoms with Crippen LogP contribution in [0, 0.1) is 6.92 Å². The Morgan fingerprint density at radius 2 is 2.00 bits per heavy atom. The standard InChI is InChI=1S/C13H14N6/c1-10-7-13(18(2)17-10)19-9-15-16-12(19)8-11-3-5-14-6-4-11/h3-7,9H,8H2,1-2H3. The lowest BCUT2D eigenvalue weighted by atomic mass is 10.2. The maximum absolute atomic E-state index is 4.35. The summed E-state index contributed by atoms with van der Waals surface area (Å²) >= 11 is 0. The fraction of sp³-hybridized carbons (Fsp3) is 0.231. The van der Waals surface area contributed by atoms with Crippen LogP contribution in [0.3, 0.4) is 0 Å². The molecule has 3 rings (SSSR count). The molecule has 0 aromatic carbocycles. The minimum Gasteiger partial charge on any atom is -0.269 e. The average Bonchev–Trinajstić information content (AvgIpc) is 2.97. The van der Waals surface area contributed by atoms with E-state index in [2.05, 4.69) is 20.3 Å². The first-order valence-corrected chi connectivity index (χ1v) is 6.03. The Bertz CT molecular complexity index is 682. The number of hydrogen-bond acceptors (Lipinski definition) is 4. The summed E-state index contributed by atoms with van der Waals surface area (Å²) in [6, 6.07) is 5.97. The minimum absolute atomic E-state index is 0.715. The second-order valence-electron chi connectivity index (χ2n) is 4.42. The molecule has 96 valence electrons. The largest absolute Gasteiger partial charge is 0.269 e. The van der Waals surface area contributed by atoms with Crippen molar-refractivity contribution in [3.63, 3.8) is 0 Å². The molecule has 6 heteroatoms. The van der Waals surface area contributed by atoms with Gasteiger partial charge >= 0.3 is 0 Å². The van der Waals surface area contributed by atoms with E-state index in [4.69, 9.17) is 0 Å². The van der Waals surface area contributed by atoms with Gasteiger partial charge in [0, 0.05) is 31.9 Å². The summed E-state index contributed by atoms with van der Waals surface area (Å²) in [5.74, 6) is 1.85. The monoisotopic (exact) mass is 254 g/mol. The van der Waals surface area contributed by atoms with Gasteiger partial charge in [-0.05, 0) is 24.6 Å². The molecule has 0 bridgehead atoms. The topological polar surface area (TPSA) is 61.4 Å². The molecule has 0 fully saturated rings. The molecule has 0 aliphatic carbocycles. The Morgan fingerprint density at radius 3 is 2.68 bits per heavy atom. The molecule has 0 amide bonds. The quantitative estimate of drug-likeness (QED) is 0.706. The van der Waals surface area contributed by atoms with Gasteiger partial charge in [0.1, 0.15) is 18.0 Å². The van der Waals surface area contributed by atoms with E-state index < -0.39 is 0 Å². The van der Waals surface area contributed by atoms with Gasteiger partial charge in [-0.25, -0.2) is 0 Å². The zero-order valence-corrected chi connectivity index (χ0v) is 10.9. The molecule has 6 nitrogen and oxygen atoms in total. The van der Waals surface area contributed by atoms with E-state index in [9.17, 15) is 0 Å². The van der Waals surface area contributed by atoms with E-state index >= 15 is 0 Å². The molecule has 3 heterocycles. The van der Waals surface area contributed by atoms with E-state index in [-0.39, 0.29) is 0 Å². The molecule has 0 aliphatic rings. The predicted molar refractivity (Wildman–Crippen MR) is 69.9 cm³/mol. The molecule has 0 saturated carbocycles. The first kappa shape index (κ1) is 11.6. The first-order valence-electron chi connectivity index (χ1n) is 6.03. The molecule has 0 radical (unpaired) electrons. The molecule has 0 saturated heterocycles. The van der Waals surface area contributed by atoms with Crippen LogP contribution in [-0.4, -0.2) is 29.5 Å². The van der Waals surface area contributed by atoms with E-state index in [0.717, 1.165) is 22.9 Å². The molecule has 0 unspecified atom stereocenters. The summed E-state index contributed by atoms with van der Waals surface area (Å²) in [6.07, 6.45) is 5.99. The van der Waals surface area contributed by atoms with Crippen LogP contribution < -0.4 is 0 Å². The summed E-state index contributed by atoms with van der Waals surface area (Å²) in [5.41, 5.74) is 2.13. The minimum atomic E-state index is 0.715. The van der Waals surface area contributed by atoms with Gasteiger partial charge in [0.05, 0.1) is 5.69 Å². The lowest BCUT2D eigenvalue weighted by Crippen LogP contribution is -2.06. The molecular weight excluding hydrogens is 240 g/mol. The smallest absolute Gasteiger partial charge is 0.143 e. The fourth-order valence-electron chi connectivity index (χ4n) is 2.08. The Labute approximate surface area is 110 Å². The van der Waals surface area contributed by atoms with Gasteiger partial charge in [-0.3, -0.25) is 14.2 Å². The summed E-state index contributed by atoms with van der Waals surface area (Å²) in [4.78, 5) is 4.02. The van der Waals surface area contributed by atoms with Gasteiger partial charge in [-0.15, -0.1) is 10.2 Å². The third-order valence-electron chi connectivity index (χ3n) is 2.95. The third kappa shape index (κ3) is 2.24. The van der Waals surface area contributed by atoms with Crippen LogP contribution in [0.5, 0.6) is 0 Å². The first-order chi connectivity index (χ1) is 9.24. The number of aromatic nitrogens is 6. The van der Waals surface area contributed by atoms with Crippen molar-refractivity contribution in [2.45, 2.75) is 13.3 Å². The summed E-state index contributed by atoms with van der Waals surface area (Å²) in [5, 5.41) is 12.5. The molecule has 19 heavy (non-hydrogen) atoms. The predicted octanol–water partition coefficient (Wildman–Crippen LogP) is 1.30. The highest BCUT2D eigenvalue weighted by molar-refractivity contribution is 5.28. The fourth-order valence-corrected chi connectivity index (χ4v) is 2.08. The summed E-state index contributed by atoms with van der Waals surface area (Å²) in [6.45, 7) is 1.97. The van der Waals surface area contributed by atoms with E-state index in [1.54, 1.807) is 18.7 Å². The zero-order valence-electron chi connectivity index (χ0n) is 10.9. The maximum Gasteiger partial charge on any atom is 0.143 e. The van der Waals surface area contributed by atoms with Crippen molar-refractivity contribution in [1.29, 1.82) is 0 Å². The van der Waals surface area contributed by atoms with Crippen molar-refractivity contribution in [2.75, 3.05) is 0 Å². The van der Waals surface area contributed by atoms with Crippen molar-refractivity contribution in [3.8, 4) is 5.82 Å². The van der Waals surface area contributed by atoms with Gasteiger partial charge in [0.2, 0.25) is 0 Å². The Kier molecular flexibility index (Phi) is 2.83. The average molecular weight is 254 g/mol. The SMILES string of the molecule is Cc1cc(-n2cnnc2Cc2ccncc2)n(C)n1. The zero-order chi connectivity index (χ0) is 13.2. The highest BCUT2D eigenvalue weighted by Gasteiger charge is 2.11. The molecule has 0 atom stereocenters. The maximum atomic E-state index is 4.35. The second-order valence-corrected chi connectivity index (χ2v) is 4.42. The molecule has 0 spiro atoms. The number of aryl methyl sites for hydroxylation is 2. The van der Waals surface area contributed by atoms with Crippen molar-refractivity contribution in [2.24, 2.45) is 7.05 Å². The second kappa shape index (κ2) is 4.64. The summed E-state index contributed by atoms with van der Waals surface area (Å²) < 4.78 is 3.79. The van der Waals surface area contributed by atoms with Crippen LogP contribution in [0.15, 0.2) is 36.9 Å². The van der Waals surface area contributed by atoms with Crippen LogP contribution in [0.2, 0.25) is 0 Å². The van der Waals surface area contributed by atoms with Crippen LogP contribution in [0.4, 0.5) is 0 Å². The highest BCUT2D eigenvalue weighted by Crippen LogP contribution is 2.13. The normalized spacial score (nSPS) is 10.8. The Hall–Kier alpha value is -2.50. The molecule has 0 N–H and O–H groups in total. The van der Waals surface area contributed by atoms with Crippen LogP contribution >= 0.6 is 0 Å². The van der Waals surface area contributed by atoms with Crippen molar-refractivity contribution >= 4 is 0 Å². The summed E-state index contributed by atoms with van der Waals surface area (Å²) in [7, 11) is 1.92. The van der Waals surface area contributed by atoms with Gasteiger partial charge in [-0.1, -0.05) is 0 Å².